The SMILES string of the molecule is Oc1cccc(CN2CCOC(c3ccc(Cl)c(Cl)c3)C2)c1Cl. The smallest absolute Gasteiger partial charge is 0.134 e. The van der Waals surface area contributed by atoms with Crippen molar-refractivity contribution >= 4 is 34.8 Å². The number of benzene rings is 2. The molecule has 1 atom stereocenters. The average Bonchev–Trinajstić information content (AvgIpc) is 2.55. The van der Waals surface area contributed by atoms with Gasteiger partial charge < -0.3 is 9.84 Å². The number of aromatic hydroxyl groups is 1. The van der Waals surface area contributed by atoms with Crippen LogP contribution >= 0.6 is 34.8 Å². The molecule has 1 aliphatic heterocycles. The van der Waals surface area contributed by atoms with E-state index in [1.165, 1.54) is 0 Å². The van der Waals surface area contributed by atoms with Crippen LogP contribution in [0.4, 0.5) is 0 Å². The lowest BCUT2D eigenvalue weighted by Crippen LogP contribution is -2.37. The van der Waals surface area contributed by atoms with Crippen molar-refractivity contribution in [3.63, 3.8) is 0 Å². The van der Waals surface area contributed by atoms with Crippen LogP contribution in [0, 0.1) is 0 Å². The van der Waals surface area contributed by atoms with Crippen molar-refractivity contribution in [3.8, 4) is 5.75 Å². The van der Waals surface area contributed by atoms with E-state index in [1.54, 1.807) is 18.2 Å². The number of phenols is 1. The Morgan fingerprint density at radius 3 is 2.74 bits per heavy atom. The summed E-state index contributed by atoms with van der Waals surface area (Å²) in [4.78, 5) is 2.25. The van der Waals surface area contributed by atoms with Crippen molar-refractivity contribution < 1.29 is 9.84 Å². The molecule has 3 nitrogen and oxygen atoms in total. The predicted molar refractivity (Wildman–Crippen MR) is 93.5 cm³/mol. The zero-order chi connectivity index (χ0) is 16.4. The molecule has 0 aliphatic carbocycles. The number of morpholine rings is 1. The molecule has 1 N–H and O–H groups in total. The van der Waals surface area contributed by atoms with Crippen molar-refractivity contribution in [3.05, 3.63) is 62.6 Å². The summed E-state index contributed by atoms with van der Waals surface area (Å²) in [6, 6.07) is 10.9. The highest BCUT2D eigenvalue weighted by Gasteiger charge is 2.23. The normalized spacial score (nSPS) is 19.0. The molecule has 0 saturated carbocycles. The van der Waals surface area contributed by atoms with Crippen LogP contribution in [0.15, 0.2) is 36.4 Å². The second-order valence-corrected chi connectivity index (χ2v) is 6.71. The Morgan fingerprint density at radius 1 is 1.13 bits per heavy atom. The molecular formula is C17H16Cl3NO2. The van der Waals surface area contributed by atoms with Gasteiger partial charge in [-0.1, -0.05) is 53.0 Å². The molecule has 1 heterocycles. The van der Waals surface area contributed by atoms with Gasteiger partial charge in [-0.05, 0) is 29.3 Å². The summed E-state index contributed by atoms with van der Waals surface area (Å²) in [5, 5.41) is 11.2. The molecule has 23 heavy (non-hydrogen) atoms. The molecule has 0 bridgehead atoms. The maximum Gasteiger partial charge on any atom is 0.134 e. The number of hydrogen-bond acceptors (Lipinski definition) is 3. The Hall–Kier alpha value is -0.970. The van der Waals surface area contributed by atoms with Crippen LogP contribution in [0.25, 0.3) is 0 Å². The van der Waals surface area contributed by atoms with E-state index in [0.717, 1.165) is 24.2 Å². The lowest BCUT2D eigenvalue weighted by molar-refractivity contribution is -0.0329. The minimum Gasteiger partial charge on any atom is -0.506 e. The highest BCUT2D eigenvalue weighted by molar-refractivity contribution is 6.42. The van der Waals surface area contributed by atoms with E-state index < -0.39 is 0 Å². The van der Waals surface area contributed by atoms with Gasteiger partial charge in [-0.25, -0.2) is 0 Å². The molecule has 6 heteroatoms. The molecule has 2 aromatic carbocycles. The first-order valence-electron chi connectivity index (χ1n) is 7.30. The van der Waals surface area contributed by atoms with Gasteiger partial charge in [0.15, 0.2) is 0 Å². The second kappa shape index (κ2) is 7.29. The number of phenolic OH excluding ortho intramolecular Hbond substituents is 1. The van der Waals surface area contributed by atoms with Crippen molar-refractivity contribution in [1.82, 2.24) is 4.90 Å². The van der Waals surface area contributed by atoms with Crippen LogP contribution in [-0.2, 0) is 11.3 Å². The molecule has 1 unspecified atom stereocenters. The van der Waals surface area contributed by atoms with E-state index in [0.29, 0.717) is 28.2 Å². The van der Waals surface area contributed by atoms with E-state index in [2.05, 4.69) is 4.90 Å². The fourth-order valence-electron chi connectivity index (χ4n) is 2.69. The van der Waals surface area contributed by atoms with Crippen LogP contribution < -0.4 is 0 Å². The summed E-state index contributed by atoms with van der Waals surface area (Å²) in [6.45, 7) is 2.82. The van der Waals surface area contributed by atoms with Gasteiger partial charge in [0.1, 0.15) is 5.75 Å². The third kappa shape index (κ3) is 3.93. The predicted octanol–water partition coefficient (Wildman–Crippen LogP) is 4.93. The van der Waals surface area contributed by atoms with Crippen LogP contribution in [0.3, 0.4) is 0 Å². The fourth-order valence-corrected chi connectivity index (χ4v) is 3.18. The topological polar surface area (TPSA) is 32.7 Å². The van der Waals surface area contributed by atoms with E-state index in [1.807, 2.05) is 18.2 Å². The number of hydrogen-bond donors (Lipinski definition) is 1. The van der Waals surface area contributed by atoms with E-state index in [9.17, 15) is 5.11 Å². The number of nitrogens with zero attached hydrogens (tertiary/aromatic N) is 1. The quantitative estimate of drug-likeness (QED) is 0.829. The summed E-state index contributed by atoms with van der Waals surface area (Å²) in [5.41, 5.74) is 1.91. The highest BCUT2D eigenvalue weighted by Crippen LogP contribution is 2.31. The lowest BCUT2D eigenvalue weighted by atomic mass is 10.1. The highest BCUT2D eigenvalue weighted by atomic mass is 35.5. The molecule has 0 radical (unpaired) electrons. The standard InChI is InChI=1S/C17H16Cl3NO2/c18-13-5-4-11(8-14(13)19)16-10-21(6-7-23-16)9-12-2-1-3-15(22)17(12)20/h1-5,8,16,22H,6-7,9-10H2. The Kier molecular flexibility index (Phi) is 5.34. The van der Waals surface area contributed by atoms with Crippen molar-refractivity contribution in [2.45, 2.75) is 12.6 Å². The molecule has 1 saturated heterocycles. The molecule has 3 rings (SSSR count). The zero-order valence-corrected chi connectivity index (χ0v) is 14.6. The molecule has 122 valence electrons. The average molecular weight is 373 g/mol. The number of ether oxygens (including phenoxy) is 1. The molecule has 0 amide bonds. The van der Waals surface area contributed by atoms with Gasteiger partial charge in [0, 0.05) is 19.6 Å². The largest absolute Gasteiger partial charge is 0.506 e. The van der Waals surface area contributed by atoms with Crippen LogP contribution in [0.2, 0.25) is 15.1 Å². The molecule has 2 aromatic rings. The Balaban J connectivity index is 1.73. The first-order valence-corrected chi connectivity index (χ1v) is 8.43. The van der Waals surface area contributed by atoms with E-state index >= 15 is 0 Å². The molecule has 1 aliphatic rings. The van der Waals surface area contributed by atoms with Gasteiger partial charge in [0.2, 0.25) is 0 Å². The molecule has 1 fully saturated rings. The lowest BCUT2D eigenvalue weighted by Gasteiger charge is -2.33. The van der Waals surface area contributed by atoms with Gasteiger partial charge in [0.05, 0.1) is 27.8 Å². The maximum absolute atomic E-state index is 9.71. The van der Waals surface area contributed by atoms with Crippen molar-refractivity contribution in [2.75, 3.05) is 19.7 Å². The van der Waals surface area contributed by atoms with Crippen molar-refractivity contribution in [2.24, 2.45) is 0 Å². The van der Waals surface area contributed by atoms with Gasteiger partial charge in [-0.2, -0.15) is 0 Å². The summed E-state index contributed by atoms with van der Waals surface area (Å²) in [6.07, 6.45) is -0.0606. The second-order valence-electron chi connectivity index (χ2n) is 5.52. The third-order valence-corrected chi connectivity index (χ3v) is 5.09. The zero-order valence-electron chi connectivity index (χ0n) is 12.3. The molecule has 0 spiro atoms. The maximum atomic E-state index is 9.71. The van der Waals surface area contributed by atoms with Crippen LogP contribution in [0.1, 0.15) is 17.2 Å². The van der Waals surface area contributed by atoms with E-state index in [4.69, 9.17) is 39.5 Å². The van der Waals surface area contributed by atoms with E-state index in [-0.39, 0.29) is 11.9 Å². The van der Waals surface area contributed by atoms with Gasteiger partial charge in [-0.3, -0.25) is 4.90 Å². The Bertz CT molecular complexity index is 708. The summed E-state index contributed by atoms with van der Waals surface area (Å²) >= 11 is 18.2. The summed E-state index contributed by atoms with van der Waals surface area (Å²) in [5.74, 6) is 0.110. The summed E-state index contributed by atoms with van der Waals surface area (Å²) < 4.78 is 5.86. The number of halogens is 3. The monoisotopic (exact) mass is 371 g/mol. The third-order valence-electron chi connectivity index (χ3n) is 3.92. The van der Waals surface area contributed by atoms with Crippen molar-refractivity contribution in [1.29, 1.82) is 0 Å². The molecular weight excluding hydrogens is 357 g/mol. The van der Waals surface area contributed by atoms with Gasteiger partial charge in [0.25, 0.3) is 0 Å². The minimum atomic E-state index is -0.0606. The van der Waals surface area contributed by atoms with Crippen LogP contribution in [0.5, 0.6) is 5.75 Å². The Morgan fingerprint density at radius 2 is 1.96 bits per heavy atom. The fraction of sp³-hybridized carbons (Fsp3) is 0.294. The Labute approximate surface area is 150 Å². The first-order chi connectivity index (χ1) is 11.0. The minimum absolute atomic E-state index is 0.0606. The van der Waals surface area contributed by atoms with Gasteiger partial charge >= 0.3 is 0 Å². The summed E-state index contributed by atoms with van der Waals surface area (Å²) in [7, 11) is 0. The molecule has 0 aromatic heterocycles. The number of rotatable bonds is 3. The first kappa shape index (κ1) is 16.9. The van der Waals surface area contributed by atoms with Gasteiger partial charge in [-0.15, -0.1) is 0 Å². The van der Waals surface area contributed by atoms with Crippen LogP contribution in [-0.4, -0.2) is 29.7 Å².